The van der Waals surface area contributed by atoms with E-state index in [9.17, 15) is 18.0 Å². The summed E-state index contributed by atoms with van der Waals surface area (Å²) < 4.78 is 38.3. The van der Waals surface area contributed by atoms with Crippen molar-refractivity contribution in [1.29, 1.82) is 5.26 Å². The summed E-state index contributed by atoms with van der Waals surface area (Å²) in [5, 5.41) is 15.0. The number of alkyl halides is 3. The number of hydrogen-bond donors (Lipinski definition) is 2. The van der Waals surface area contributed by atoms with E-state index in [-0.39, 0.29) is 5.82 Å². The van der Waals surface area contributed by atoms with Crippen molar-refractivity contribution in [3.8, 4) is 17.2 Å². The number of benzene rings is 2. The van der Waals surface area contributed by atoms with Crippen molar-refractivity contribution in [1.82, 2.24) is 15.3 Å². The zero-order valence-corrected chi connectivity index (χ0v) is 18.2. The second-order valence-corrected chi connectivity index (χ2v) is 8.25. The van der Waals surface area contributed by atoms with Crippen LogP contribution < -0.4 is 10.6 Å². The standard InChI is InChI=1S/C25H22F3N5O/c26-25(27,28)19-8-4-17(5-9-19)18-6-10-20(11-7-18)31-23(34)33-24(13-2-1-3-14-24)21-12-15-30-22(16-29)32-21/h4-12,15H,1-3,13-14H2,(H2,31,33,34). The Morgan fingerprint density at radius 2 is 1.56 bits per heavy atom. The molecule has 1 aliphatic carbocycles. The fraction of sp³-hybridized carbons (Fsp3) is 0.280. The number of nitrogens with one attached hydrogen (secondary N) is 2. The molecule has 1 saturated carbocycles. The van der Waals surface area contributed by atoms with Gasteiger partial charge in [0.2, 0.25) is 5.82 Å². The third kappa shape index (κ3) is 5.17. The largest absolute Gasteiger partial charge is 0.416 e. The van der Waals surface area contributed by atoms with Gasteiger partial charge in [0.1, 0.15) is 6.07 Å². The summed E-state index contributed by atoms with van der Waals surface area (Å²) in [6, 6.07) is 15.0. The van der Waals surface area contributed by atoms with Gasteiger partial charge in [-0.3, -0.25) is 0 Å². The lowest BCUT2D eigenvalue weighted by molar-refractivity contribution is -0.137. The van der Waals surface area contributed by atoms with Gasteiger partial charge in [-0.2, -0.15) is 18.4 Å². The molecule has 2 amide bonds. The quantitative estimate of drug-likeness (QED) is 0.493. The van der Waals surface area contributed by atoms with E-state index in [1.54, 1.807) is 30.3 Å². The van der Waals surface area contributed by atoms with Gasteiger partial charge in [-0.1, -0.05) is 43.5 Å². The van der Waals surface area contributed by atoms with Crippen molar-refractivity contribution in [2.75, 3.05) is 5.32 Å². The van der Waals surface area contributed by atoms with Crippen molar-refractivity contribution in [3.05, 3.63) is 77.9 Å². The normalized spacial score (nSPS) is 15.2. The van der Waals surface area contributed by atoms with Crippen molar-refractivity contribution < 1.29 is 18.0 Å². The number of amides is 2. The lowest BCUT2D eigenvalue weighted by Gasteiger charge is -2.37. The van der Waals surface area contributed by atoms with Crippen LogP contribution in [-0.4, -0.2) is 16.0 Å². The van der Waals surface area contributed by atoms with E-state index in [0.29, 0.717) is 29.8 Å². The number of rotatable bonds is 4. The Morgan fingerprint density at radius 3 is 2.15 bits per heavy atom. The van der Waals surface area contributed by atoms with E-state index in [2.05, 4.69) is 20.6 Å². The van der Waals surface area contributed by atoms with E-state index >= 15 is 0 Å². The number of nitrogens with zero attached hydrogens (tertiary/aromatic N) is 3. The first-order chi connectivity index (χ1) is 16.3. The highest BCUT2D eigenvalue weighted by atomic mass is 19.4. The Kier molecular flexibility index (Phi) is 6.50. The summed E-state index contributed by atoms with van der Waals surface area (Å²) in [4.78, 5) is 21.1. The third-order valence-corrected chi connectivity index (χ3v) is 5.99. The van der Waals surface area contributed by atoms with Crippen LogP contribution in [0.4, 0.5) is 23.7 Å². The van der Waals surface area contributed by atoms with Crippen LogP contribution in [0.2, 0.25) is 0 Å². The van der Waals surface area contributed by atoms with Gasteiger partial charge in [0.05, 0.1) is 16.8 Å². The average molecular weight is 465 g/mol. The molecule has 4 rings (SSSR count). The molecule has 9 heteroatoms. The van der Waals surface area contributed by atoms with Crippen LogP contribution >= 0.6 is 0 Å². The Morgan fingerprint density at radius 1 is 0.941 bits per heavy atom. The molecular weight excluding hydrogens is 443 g/mol. The molecule has 1 aromatic heterocycles. The molecular formula is C25H22F3N5O. The lowest BCUT2D eigenvalue weighted by atomic mass is 9.79. The first kappa shape index (κ1) is 23.2. The topological polar surface area (TPSA) is 90.7 Å². The maximum absolute atomic E-state index is 12.9. The van der Waals surface area contributed by atoms with Gasteiger partial charge in [0.25, 0.3) is 0 Å². The molecule has 0 atom stereocenters. The number of anilines is 1. The maximum atomic E-state index is 12.9. The molecule has 174 valence electrons. The Labute approximate surface area is 194 Å². The number of carbonyl (C=O) groups excluding carboxylic acids is 1. The summed E-state index contributed by atoms with van der Waals surface area (Å²) in [5.41, 5.74) is 1.15. The fourth-order valence-corrected chi connectivity index (χ4v) is 4.26. The second-order valence-electron chi connectivity index (χ2n) is 8.25. The van der Waals surface area contributed by atoms with Gasteiger partial charge in [0, 0.05) is 11.9 Å². The predicted molar refractivity (Wildman–Crippen MR) is 121 cm³/mol. The zero-order chi connectivity index (χ0) is 24.2. The van der Waals surface area contributed by atoms with E-state index < -0.39 is 23.3 Å². The van der Waals surface area contributed by atoms with Gasteiger partial charge < -0.3 is 10.6 Å². The van der Waals surface area contributed by atoms with Crippen LogP contribution in [0.3, 0.4) is 0 Å². The average Bonchev–Trinajstić information content (AvgIpc) is 2.84. The Bertz CT molecular complexity index is 1190. The van der Waals surface area contributed by atoms with Gasteiger partial charge >= 0.3 is 12.2 Å². The van der Waals surface area contributed by atoms with Crippen LogP contribution in [0.5, 0.6) is 0 Å². The van der Waals surface area contributed by atoms with E-state index in [0.717, 1.165) is 37.0 Å². The first-order valence-corrected chi connectivity index (χ1v) is 10.9. The highest BCUT2D eigenvalue weighted by molar-refractivity contribution is 5.90. The molecule has 1 aliphatic rings. The monoisotopic (exact) mass is 465 g/mol. The highest BCUT2D eigenvalue weighted by Crippen LogP contribution is 2.36. The van der Waals surface area contributed by atoms with Crippen molar-refractivity contribution in [3.63, 3.8) is 0 Å². The van der Waals surface area contributed by atoms with Gasteiger partial charge in [-0.25, -0.2) is 14.8 Å². The summed E-state index contributed by atoms with van der Waals surface area (Å²) in [5.74, 6) is 0.0588. The Hall–Kier alpha value is -3.93. The van der Waals surface area contributed by atoms with Crippen LogP contribution in [0.15, 0.2) is 60.8 Å². The molecule has 0 radical (unpaired) electrons. The van der Waals surface area contributed by atoms with Crippen LogP contribution in [0.25, 0.3) is 11.1 Å². The van der Waals surface area contributed by atoms with E-state index in [1.807, 2.05) is 6.07 Å². The molecule has 0 spiro atoms. The van der Waals surface area contributed by atoms with Gasteiger partial charge in [0.15, 0.2) is 0 Å². The van der Waals surface area contributed by atoms with Crippen LogP contribution in [-0.2, 0) is 11.7 Å². The van der Waals surface area contributed by atoms with E-state index in [4.69, 9.17) is 5.26 Å². The van der Waals surface area contributed by atoms with Crippen molar-refractivity contribution in [2.24, 2.45) is 0 Å². The zero-order valence-electron chi connectivity index (χ0n) is 18.2. The van der Waals surface area contributed by atoms with E-state index in [1.165, 1.54) is 18.3 Å². The summed E-state index contributed by atoms with van der Waals surface area (Å²) >= 11 is 0. The molecule has 2 N–H and O–H groups in total. The number of urea groups is 1. The van der Waals surface area contributed by atoms with Crippen LogP contribution in [0, 0.1) is 11.3 Å². The highest BCUT2D eigenvalue weighted by Gasteiger charge is 2.37. The second kappa shape index (κ2) is 9.51. The van der Waals surface area contributed by atoms with Gasteiger partial charge in [-0.15, -0.1) is 0 Å². The molecule has 6 nitrogen and oxygen atoms in total. The minimum atomic E-state index is -4.38. The molecule has 0 bridgehead atoms. The molecule has 3 aromatic rings. The Balaban J connectivity index is 1.47. The molecule has 0 unspecified atom stereocenters. The molecule has 1 fully saturated rings. The maximum Gasteiger partial charge on any atom is 0.416 e. The number of aromatic nitrogens is 2. The SMILES string of the molecule is N#Cc1nccc(C2(NC(=O)Nc3ccc(-c4ccc(C(F)(F)F)cc4)cc3)CCCCC2)n1. The smallest absolute Gasteiger partial charge is 0.327 e. The lowest BCUT2D eigenvalue weighted by Crippen LogP contribution is -2.49. The number of hydrogen-bond acceptors (Lipinski definition) is 4. The summed E-state index contributed by atoms with van der Waals surface area (Å²) in [7, 11) is 0. The fourth-order valence-electron chi connectivity index (χ4n) is 4.26. The first-order valence-electron chi connectivity index (χ1n) is 10.9. The molecule has 0 aliphatic heterocycles. The predicted octanol–water partition coefficient (Wildman–Crippen LogP) is 6.02. The van der Waals surface area contributed by atoms with Crippen LogP contribution in [0.1, 0.15) is 49.2 Å². The summed E-state index contributed by atoms with van der Waals surface area (Å²) in [6.45, 7) is 0. The number of nitriles is 1. The number of carbonyl (C=O) groups is 1. The molecule has 34 heavy (non-hydrogen) atoms. The van der Waals surface area contributed by atoms with Crippen molar-refractivity contribution in [2.45, 2.75) is 43.8 Å². The van der Waals surface area contributed by atoms with Crippen molar-refractivity contribution >= 4 is 11.7 Å². The summed E-state index contributed by atoms with van der Waals surface area (Å²) in [6.07, 6.45) is 1.47. The molecule has 2 aromatic carbocycles. The third-order valence-electron chi connectivity index (χ3n) is 5.99. The number of halogens is 3. The molecule has 1 heterocycles. The van der Waals surface area contributed by atoms with Gasteiger partial charge in [-0.05, 0) is 54.3 Å². The minimum absolute atomic E-state index is 0.0588. The minimum Gasteiger partial charge on any atom is -0.327 e. The molecule has 0 saturated heterocycles.